The summed E-state index contributed by atoms with van der Waals surface area (Å²) in [5.41, 5.74) is 8.78. The van der Waals surface area contributed by atoms with E-state index >= 15 is 0 Å². The lowest BCUT2D eigenvalue weighted by atomic mass is 10.0. The van der Waals surface area contributed by atoms with Gasteiger partial charge in [-0.2, -0.15) is 0 Å². The third kappa shape index (κ3) is 3.92. The highest BCUT2D eigenvalue weighted by Crippen LogP contribution is 2.39. The Kier molecular flexibility index (Phi) is 6.64. The Bertz CT molecular complexity index is 655. The molecule has 2 rings (SSSR count). The van der Waals surface area contributed by atoms with Crippen molar-refractivity contribution in [3.05, 3.63) is 57.6 Å². The fourth-order valence-corrected chi connectivity index (χ4v) is 6.29. The molecular weight excluding hydrogens is 307 g/mol. The average molecular weight is 340 g/mol. The number of benzene rings is 2. The van der Waals surface area contributed by atoms with E-state index in [4.69, 9.17) is 0 Å². The molecule has 0 spiro atoms. The van der Waals surface area contributed by atoms with E-state index in [0.717, 1.165) is 0 Å². The predicted octanol–water partition coefficient (Wildman–Crippen LogP) is 6.16. The van der Waals surface area contributed by atoms with Gasteiger partial charge in [0, 0.05) is 0 Å². The van der Waals surface area contributed by atoms with Gasteiger partial charge in [-0.15, -0.1) is 0 Å². The van der Waals surface area contributed by atoms with Crippen LogP contribution >= 0.6 is 7.92 Å². The highest BCUT2D eigenvalue weighted by atomic mass is 31.1. The van der Waals surface area contributed by atoms with E-state index in [0.29, 0.717) is 0 Å². The van der Waals surface area contributed by atoms with Crippen LogP contribution in [0.1, 0.15) is 59.6 Å². The van der Waals surface area contributed by atoms with Gasteiger partial charge in [0.1, 0.15) is 0 Å². The zero-order valence-electron chi connectivity index (χ0n) is 16.6. The first-order valence-corrected chi connectivity index (χ1v) is 10.8. The van der Waals surface area contributed by atoms with Crippen molar-refractivity contribution in [1.29, 1.82) is 0 Å². The zero-order chi connectivity index (χ0) is 17.9. The van der Waals surface area contributed by atoms with Gasteiger partial charge in [0.15, 0.2) is 0 Å². The Balaban J connectivity index is 2.54. The molecule has 0 amide bonds. The molecule has 0 aliphatic rings. The van der Waals surface area contributed by atoms with E-state index in [2.05, 4.69) is 72.7 Å². The first-order valence-electron chi connectivity index (χ1n) is 9.29. The van der Waals surface area contributed by atoms with Crippen LogP contribution in [-0.4, -0.2) is 6.16 Å². The Labute approximate surface area is 150 Å². The summed E-state index contributed by atoms with van der Waals surface area (Å²) in [6.45, 7) is 16.0. The standard InChI is InChI=1S/C23H33P/c1-8-9-10-15-24(22-13-11-16(2)18(4)20(22)6)23-14-12-17(3)19(5)21(23)7/h11-14H,8-10,15H2,1-7H3. The van der Waals surface area contributed by atoms with Crippen molar-refractivity contribution in [3.63, 3.8) is 0 Å². The molecule has 0 bridgehead atoms. The molecule has 2 aromatic rings. The lowest BCUT2D eigenvalue weighted by Crippen LogP contribution is -2.21. The van der Waals surface area contributed by atoms with Gasteiger partial charge in [-0.1, -0.05) is 44.0 Å². The molecular formula is C23H33P. The molecule has 0 saturated heterocycles. The Hall–Kier alpha value is -1.13. The Morgan fingerprint density at radius 2 is 1.08 bits per heavy atom. The number of hydrogen-bond donors (Lipinski definition) is 0. The van der Waals surface area contributed by atoms with Crippen LogP contribution in [0.3, 0.4) is 0 Å². The van der Waals surface area contributed by atoms with Crippen molar-refractivity contribution in [2.75, 3.05) is 6.16 Å². The molecule has 0 aromatic heterocycles. The second-order valence-corrected chi connectivity index (χ2v) is 9.43. The summed E-state index contributed by atoms with van der Waals surface area (Å²) in [6.07, 6.45) is 5.28. The molecule has 0 aliphatic heterocycles. The molecule has 0 aliphatic carbocycles. The summed E-state index contributed by atoms with van der Waals surface area (Å²) < 4.78 is 0. The number of unbranched alkanes of at least 4 members (excludes halogenated alkanes) is 2. The van der Waals surface area contributed by atoms with Crippen molar-refractivity contribution in [3.8, 4) is 0 Å². The van der Waals surface area contributed by atoms with Crippen molar-refractivity contribution < 1.29 is 0 Å². The maximum absolute atomic E-state index is 2.41. The Morgan fingerprint density at radius 3 is 1.50 bits per heavy atom. The topological polar surface area (TPSA) is 0 Å². The lowest BCUT2D eigenvalue weighted by molar-refractivity contribution is 0.777. The molecule has 0 fully saturated rings. The fourth-order valence-electron chi connectivity index (χ4n) is 3.36. The minimum Gasteiger partial charge on any atom is -0.0654 e. The van der Waals surface area contributed by atoms with Gasteiger partial charge in [0.05, 0.1) is 0 Å². The summed E-state index contributed by atoms with van der Waals surface area (Å²) in [5.74, 6) is 0. The van der Waals surface area contributed by atoms with Crippen LogP contribution in [0.2, 0.25) is 0 Å². The van der Waals surface area contributed by atoms with Crippen molar-refractivity contribution >= 4 is 18.5 Å². The minimum atomic E-state index is -0.261. The van der Waals surface area contributed by atoms with Gasteiger partial charge in [0.2, 0.25) is 0 Å². The smallest absolute Gasteiger partial charge is 0.0163 e. The lowest BCUT2D eigenvalue weighted by Gasteiger charge is -2.25. The highest BCUT2D eigenvalue weighted by Gasteiger charge is 2.20. The van der Waals surface area contributed by atoms with E-state index in [1.807, 2.05) is 0 Å². The summed E-state index contributed by atoms with van der Waals surface area (Å²) in [5, 5.41) is 3.19. The SMILES string of the molecule is CCCCCP(c1ccc(C)c(C)c1C)c1ccc(C)c(C)c1C. The molecule has 0 unspecified atom stereocenters. The molecule has 0 nitrogen and oxygen atoms in total. The van der Waals surface area contributed by atoms with Crippen molar-refractivity contribution in [2.24, 2.45) is 0 Å². The number of rotatable bonds is 6. The van der Waals surface area contributed by atoms with Crippen LogP contribution in [0.5, 0.6) is 0 Å². The molecule has 24 heavy (non-hydrogen) atoms. The molecule has 0 heterocycles. The van der Waals surface area contributed by atoms with E-state index in [-0.39, 0.29) is 7.92 Å². The van der Waals surface area contributed by atoms with Crippen LogP contribution in [0.25, 0.3) is 0 Å². The van der Waals surface area contributed by atoms with Gasteiger partial charge in [-0.25, -0.2) is 0 Å². The molecule has 2 aromatic carbocycles. The largest absolute Gasteiger partial charge is 0.0654 e. The van der Waals surface area contributed by atoms with Crippen LogP contribution in [0, 0.1) is 41.5 Å². The molecule has 0 N–H and O–H groups in total. The molecule has 130 valence electrons. The summed E-state index contributed by atoms with van der Waals surface area (Å²) in [6, 6.07) is 9.46. The number of hydrogen-bond acceptors (Lipinski definition) is 0. The van der Waals surface area contributed by atoms with E-state index in [9.17, 15) is 0 Å². The first-order chi connectivity index (χ1) is 11.4. The molecule has 0 saturated carbocycles. The molecule has 0 atom stereocenters. The maximum atomic E-state index is 2.41. The monoisotopic (exact) mass is 340 g/mol. The second kappa shape index (κ2) is 8.30. The molecule has 0 radical (unpaired) electrons. The van der Waals surface area contributed by atoms with Crippen molar-refractivity contribution in [2.45, 2.75) is 67.7 Å². The van der Waals surface area contributed by atoms with Crippen LogP contribution in [-0.2, 0) is 0 Å². The van der Waals surface area contributed by atoms with E-state index < -0.39 is 0 Å². The highest BCUT2D eigenvalue weighted by molar-refractivity contribution is 7.73. The quantitative estimate of drug-likeness (QED) is 0.436. The van der Waals surface area contributed by atoms with Gasteiger partial charge >= 0.3 is 0 Å². The van der Waals surface area contributed by atoms with Gasteiger partial charge in [0.25, 0.3) is 0 Å². The average Bonchev–Trinajstić information content (AvgIpc) is 2.56. The third-order valence-corrected chi connectivity index (χ3v) is 8.52. The molecule has 1 heteroatoms. The van der Waals surface area contributed by atoms with Crippen LogP contribution in [0.15, 0.2) is 24.3 Å². The van der Waals surface area contributed by atoms with E-state index in [1.165, 1.54) is 58.8 Å². The van der Waals surface area contributed by atoms with E-state index in [1.54, 1.807) is 10.6 Å². The summed E-state index contributed by atoms with van der Waals surface area (Å²) >= 11 is 0. The number of aryl methyl sites for hydroxylation is 2. The zero-order valence-corrected chi connectivity index (χ0v) is 17.5. The predicted molar refractivity (Wildman–Crippen MR) is 112 cm³/mol. The normalized spacial score (nSPS) is 11.3. The maximum Gasteiger partial charge on any atom is -0.0163 e. The van der Waals surface area contributed by atoms with Gasteiger partial charge in [-0.3, -0.25) is 0 Å². The summed E-state index contributed by atoms with van der Waals surface area (Å²) in [7, 11) is -0.261. The van der Waals surface area contributed by atoms with Crippen LogP contribution in [0.4, 0.5) is 0 Å². The van der Waals surface area contributed by atoms with Gasteiger partial charge < -0.3 is 0 Å². The van der Waals surface area contributed by atoms with Gasteiger partial charge in [-0.05, 0) is 106 Å². The fraction of sp³-hybridized carbons (Fsp3) is 0.478. The van der Waals surface area contributed by atoms with Crippen molar-refractivity contribution in [1.82, 2.24) is 0 Å². The second-order valence-electron chi connectivity index (χ2n) is 7.16. The Morgan fingerprint density at radius 1 is 0.625 bits per heavy atom. The minimum absolute atomic E-state index is 0.261. The summed E-state index contributed by atoms with van der Waals surface area (Å²) in [4.78, 5) is 0. The van der Waals surface area contributed by atoms with Crippen LogP contribution < -0.4 is 10.6 Å². The third-order valence-electron chi connectivity index (χ3n) is 5.63. The first kappa shape index (κ1) is 19.2.